The van der Waals surface area contributed by atoms with E-state index in [1.165, 1.54) is 23.2 Å². The van der Waals surface area contributed by atoms with Crippen LogP contribution in [0.1, 0.15) is 19.4 Å². The number of anilines is 1. The highest BCUT2D eigenvalue weighted by atomic mass is 19.4. The van der Waals surface area contributed by atoms with Crippen LogP contribution in [-0.4, -0.2) is 35.6 Å². The average molecular weight is 333 g/mol. The number of cyclic esters (lactones) is 1. The fourth-order valence-electron chi connectivity index (χ4n) is 1.90. The predicted molar refractivity (Wildman–Crippen MR) is 71.5 cm³/mol. The van der Waals surface area contributed by atoms with E-state index in [4.69, 9.17) is 4.74 Å². The van der Waals surface area contributed by atoms with Crippen molar-refractivity contribution < 1.29 is 32.2 Å². The number of ether oxygens (including phenoxy) is 2. The van der Waals surface area contributed by atoms with E-state index in [0.717, 1.165) is 0 Å². The van der Waals surface area contributed by atoms with E-state index >= 15 is 0 Å². The highest BCUT2D eigenvalue weighted by molar-refractivity contribution is 5.93. The molecule has 0 saturated carbocycles. The summed E-state index contributed by atoms with van der Waals surface area (Å²) in [5, 5.41) is 1.59. The number of aromatic nitrogens is 1. The van der Waals surface area contributed by atoms with E-state index in [9.17, 15) is 22.8 Å². The summed E-state index contributed by atoms with van der Waals surface area (Å²) in [6.07, 6.45) is -4.87. The third kappa shape index (κ3) is 4.24. The molecule has 2 rings (SSSR count). The summed E-state index contributed by atoms with van der Waals surface area (Å²) in [6.45, 7) is 1.61. The fourth-order valence-corrected chi connectivity index (χ4v) is 1.90. The Labute approximate surface area is 129 Å². The van der Waals surface area contributed by atoms with Crippen LogP contribution in [0.3, 0.4) is 0 Å². The Morgan fingerprint density at radius 3 is 2.74 bits per heavy atom. The van der Waals surface area contributed by atoms with Crippen LogP contribution in [-0.2, 0) is 16.1 Å². The SMILES string of the molecule is CC1(C)OC(=O)N1c1cc(COC(=O)NCC(F)(F)F)ccn1. The molecule has 0 bridgehead atoms. The van der Waals surface area contributed by atoms with Gasteiger partial charge in [0.25, 0.3) is 0 Å². The lowest BCUT2D eigenvalue weighted by Crippen LogP contribution is -2.62. The predicted octanol–water partition coefficient (Wildman–Crippen LogP) is 2.56. The quantitative estimate of drug-likeness (QED) is 0.916. The number of nitrogens with zero attached hydrogens (tertiary/aromatic N) is 2. The van der Waals surface area contributed by atoms with Gasteiger partial charge in [-0.1, -0.05) is 0 Å². The first kappa shape index (κ1) is 16.8. The van der Waals surface area contributed by atoms with Crippen molar-refractivity contribution in [3.05, 3.63) is 23.9 Å². The van der Waals surface area contributed by atoms with Crippen molar-refractivity contribution in [2.75, 3.05) is 11.4 Å². The van der Waals surface area contributed by atoms with Crippen LogP contribution in [0, 0.1) is 0 Å². The number of alkyl carbamates (subject to hydrolysis) is 1. The minimum atomic E-state index is -4.51. The molecule has 0 spiro atoms. The Bertz CT molecular complexity index is 619. The normalized spacial score (nSPS) is 16.4. The molecule has 2 amide bonds. The van der Waals surface area contributed by atoms with Gasteiger partial charge in [0.1, 0.15) is 19.0 Å². The Balaban J connectivity index is 1.93. The van der Waals surface area contributed by atoms with E-state index in [1.54, 1.807) is 19.2 Å². The molecule has 23 heavy (non-hydrogen) atoms. The molecule has 1 aliphatic rings. The van der Waals surface area contributed by atoms with Crippen molar-refractivity contribution in [2.45, 2.75) is 32.4 Å². The zero-order valence-electron chi connectivity index (χ0n) is 12.3. The van der Waals surface area contributed by atoms with E-state index in [1.807, 2.05) is 0 Å². The summed E-state index contributed by atoms with van der Waals surface area (Å²) in [5.74, 6) is 0.294. The zero-order chi connectivity index (χ0) is 17.3. The second-order valence-electron chi connectivity index (χ2n) is 5.22. The molecule has 7 nitrogen and oxygen atoms in total. The van der Waals surface area contributed by atoms with Gasteiger partial charge in [0, 0.05) is 6.20 Å². The second kappa shape index (κ2) is 5.94. The summed E-state index contributed by atoms with van der Waals surface area (Å²) >= 11 is 0. The van der Waals surface area contributed by atoms with Crippen LogP contribution < -0.4 is 10.2 Å². The highest BCUT2D eigenvalue weighted by Crippen LogP contribution is 2.33. The molecule has 0 unspecified atom stereocenters. The van der Waals surface area contributed by atoms with Gasteiger partial charge >= 0.3 is 18.4 Å². The van der Waals surface area contributed by atoms with Crippen molar-refractivity contribution in [1.82, 2.24) is 10.3 Å². The minimum Gasteiger partial charge on any atom is -0.445 e. The van der Waals surface area contributed by atoms with Crippen LogP contribution in [0.5, 0.6) is 0 Å². The molecule has 1 fully saturated rings. The molecule has 2 heterocycles. The Kier molecular flexibility index (Phi) is 4.35. The number of carbonyl (C=O) groups is 2. The van der Waals surface area contributed by atoms with Gasteiger partial charge in [-0.2, -0.15) is 13.2 Å². The third-order valence-corrected chi connectivity index (χ3v) is 2.90. The molecule has 1 aromatic rings. The lowest BCUT2D eigenvalue weighted by atomic mass is 10.2. The summed E-state index contributed by atoms with van der Waals surface area (Å²) in [5.41, 5.74) is -0.374. The van der Waals surface area contributed by atoms with Gasteiger partial charge in [-0.25, -0.2) is 19.5 Å². The van der Waals surface area contributed by atoms with Gasteiger partial charge in [0.2, 0.25) is 0 Å². The maximum absolute atomic E-state index is 11.9. The Morgan fingerprint density at radius 1 is 1.48 bits per heavy atom. The first-order valence-corrected chi connectivity index (χ1v) is 6.54. The van der Waals surface area contributed by atoms with E-state index in [-0.39, 0.29) is 6.61 Å². The number of hydrogen-bond acceptors (Lipinski definition) is 5. The zero-order valence-corrected chi connectivity index (χ0v) is 12.3. The van der Waals surface area contributed by atoms with Gasteiger partial charge in [-0.3, -0.25) is 0 Å². The van der Waals surface area contributed by atoms with Crippen LogP contribution in [0.4, 0.5) is 28.6 Å². The molecule has 1 aliphatic heterocycles. The summed E-state index contributed by atoms with van der Waals surface area (Å²) in [6, 6.07) is 3.00. The first-order valence-electron chi connectivity index (χ1n) is 6.54. The first-order chi connectivity index (χ1) is 10.6. The van der Waals surface area contributed by atoms with E-state index in [2.05, 4.69) is 9.72 Å². The monoisotopic (exact) mass is 333 g/mol. The van der Waals surface area contributed by atoms with Crippen molar-refractivity contribution >= 4 is 18.0 Å². The summed E-state index contributed by atoms with van der Waals surface area (Å²) in [7, 11) is 0. The number of rotatable bonds is 4. The van der Waals surface area contributed by atoms with Crippen molar-refractivity contribution in [2.24, 2.45) is 0 Å². The van der Waals surface area contributed by atoms with E-state index < -0.39 is 30.6 Å². The number of halogens is 3. The van der Waals surface area contributed by atoms with Gasteiger partial charge in [-0.05, 0) is 31.5 Å². The number of carbonyl (C=O) groups excluding carboxylic acids is 2. The van der Waals surface area contributed by atoms with Gasteiger partial charge < -0.3 is 14.8 Å². The standard InChI is InChI=1S/C13H14F3N3O4/c1-12(2)19(11(21)23-12)9-5-8(3-4-17-9)6-22-10(20)18-7-13(14,15)16/h3-5H,6-7H2,1-2H3,(H,18,20). The number of alkyl halides is 3. The largest absolute Gasteiger partial charge is 0.445 e. The van der Waals surface area contributed by atoms with E-state index in [0.29, 0.717) is 11.4 Å². The lowest BCUT2D eigenvalue weighted by Gasteiger charge is -2.45. The molecule has 1 aromatic heterocycles. The third-order valence-electron chi connectivity index (χ3n) is 2.90. The van der Waals surface area contributed by atoms with Crippen LogP contribution >= 0.6 is 0 Å². The number of hydrogen-bond donors (Lipinski definition) is 1. The summed E-state index contributed by atoms with van der Waals surface area (Å²) < 4.78 is 45.5. The van der Waals surface area contributed by atoms with Gasteiger partial charge in [0.05, 0.1) is 0 Å². The molecule has 0 aliphatic carbocycles. The molecular weight excluding hydrogens is 319 g/mol. The number of amides is 2. The smallest absolute Gasteiger partial charge is 0.420 e. The minimum absolute atomic E-state index is 0.261. The summed E-state index contributed by atoms with van der Waals surface area (Å²) in [4.78, 5) is 28.0. The molecule has 126 valence electrons. The number of pyridine rings is 1. The van der Waals surface area contributed by atoms with Crippen LogP contribution in [0.15, 0.2) is 18.3 Å². The van der Waals surface area contributed by atoms with Crippen LogP contribution in [0.2, 0.25) is 0 Å². The Hall–Kier alpha value is -2.52. The van der Waals surface area contributed by atoms with Crippen LogP contribution in [0.25, 0.3) is 0 Å². The molecule has 0 atom stereocenters. The second-order valence-corrected chi connectivity index (χ2v) is 5.22. The topological polar surface area (TPSA) is 80.8 Å². The average Bonchev–Trinajstić information content (AvgIpc) is 2.41. The molecule has 0 aromatic carbocycles. The number of nitrogens with one attached hydrogen (secondary N) is 1. The molecule has 0 radical (unpaired) electrons. The lowest BCUT2D eigenvalue weighted by molar-refractivity contribution is -0.123. The maximum Gasteiger partial charge on any atom is 0.420 e. The molecular formula is C13H14F3N3O4. The van der Waals surface area contributed by atoms with Gasteiger partial charge in [0.15, 0.2) is 5.72 Å². The maximum atomic E-state index is 11.9. The Morgan fingerprint density at radius 2 is 2.17 bits per heavy atom. The molecule has 1 saturated heterocycles. The van der Waals surface area contributed by atoms with Crippen molar-refractivity contribution in [1.29, 1.82) is 0 Å². The fraction of sp³-hybridized carbons (Fsp3) is 0.462. The molecule has 1 N–H and O–H groups in total. The highest BCUT2D eigenvalue weighted by Gasteiger charge is 2.47. The molecule has 10 heteroatoms. The van der Waals surface area contributed by atoms with Gasteiger partial charge in [-0.15, -0.1) is 0 Å². The van der Waals surface area contributed by atoms with Crippen molar-refractivity contribution in [3.63, 3.8) is 0 Å². The van der Waals surface area contributed by atoms with Crippen molar-refractivity contribution in [3.8, 4) is 0 Å².